The van der Waals surface area contributed by atoms with E-state index >= 15 is 0 Å². The predicted molar refractivity (Wildman–Crippen MR) is 193 cm³/mol. The molecule has 2 amide bonds. The summed E-state index contributed by atoms with van der Waals surface area (Å²) in [5.41, 5.74) is 6.33. The molecule has 0 unspecified atom stereocenters. The fraction of sp³-hybridized carbons (Fsp3) is 0.220. The third-order valence-corrected chi connectivity index (χ3v) is 8.62. The molecular formula is C41H42N4O3. The summed E-state index contributed by atoms with van der Waals surface area (Å²) in [5.74, 6) is 0.515. The van der Waals surface area contributed by atoms with Crippen molar-refractivity contribution in [3.05, 3.63) is 156 Å². The summed E-state index contributed by atoms with van der Waals surface area (Å²) in [5, 5.41) is 5.87. The summed E-state index contributed by atoms with van der Waals surface area (Å²) in [6, 6.07) is 47.0. The average Bonchev–Trinajstić information content (AvgIpc) is 3.13. The number of hydrogen-bond acceptors (Lipinski definition) is 5. The molecule has 0 radical (unpaired) electrons. The lowest BCUT2D eigenvalue weighted by atomic mass is 9.96. The topological polar surface area (TPSA) is 73.9 Å². The zero-order chi connectivity index (χ0) is 33.0. The number of anilines is 3. The second-order valence-electron chi connectivity index (χ2n) is 12.0. The van der Waals surface area contributed by atoms with E-state index in [-0.39, 0.29) is 30.7 Å². The second kappa shape index (κ2) is 16.4. The van der Waals surface area contributed by atoms with Gasteiger partial charge in [-0.05, 0) is 71.6 Å². The van der Waals surface area contributed by atoms with Crippen LogP contribution in [0.1, 0.15) is 42.0 Å². The molecule has 6 rings (SSSR count). The number of hydrogen-bond donors (Lipinski definition) is 2. The number of nitrogens with one attached hydrogen (secondary N) is 2. The fourth-order valence-corrected chi connectivity index (χ4v) is 6.11. The number of ether oxygens (including phenoxy) is 1. The molecule has 1 aliphatic heterocycles. The van der Waals surface area contributed by atoms with Gasteiger partial charge in [0, 0.05) is 56.1 Å². The first-order valence-corrected chi connectivity index (χ1v) is 16.7. The molecule has 1 fully saturated rings. The van der Waals surface area contributed by atoms with Crippen LogP contribution in [0.4, 0.5) is 17.1 Å². The van der Waals surface area contributed by atoms with E-state index in [9.17, 15) is 9.59 Å². The quantitative estimate of drug-likeness (QED) is 0.137. The van der Waals surface area contributed by atoms with Crippen LogP contribution >= 0.6 is 0 Å². The van der Waals surface area contributed by atoms with Crippen LogP contribution in [0.5, 0.6) is 5.75 Å². The highest BCUT2D eigenvalue weighted by Gasteiger charge is 2.26. The van der Waals surface area contributed by atoms with Crippen LogP contribution in [0.25, 0.3) is 0 Å². The molecule has 0 aromatic heterocycles. The van der Waals surface area contributed by atoms with Gasteiger partial charge in [-0.1, -0.05) is 91.0 Å². The van der Waals surface area contributed by atoms with E-state index in [1.54, 1.807) is 0 Å². The third-order valence-electron chi connectivity index (χ3n) is 8.62. The SMILES string of the molecule is O=C(CCCC(=O)Nc1ccc(N2CCN(C(c3ccccc3)c3ccccc3)CC2)cc1)Nc1ccc(OCc2ccccc2)cc1. The molecule has 5 aromatic carbocycles. The van der Waals surface area contributed by atoms with Gasteiger partial charge >= 0.3 is 0 Å². The Bertz CT molecular complexity index is 1680. The van der Waals surface area contributed by atoms with Crippen molar-refractivity contribution in [2.24, 2.45) is 0 Å². The van der Waals surface area contributed by atoms with Gasteiger partial charge in [-0.3, -0.25) is 14.5 Å². The number of amides is 2. The molecular weight excluding hydrogens is 596 g/mol. The lowest BCUT2D eigenvalue weighted by Gasteiger charge is -2.40. The second-order valence-corrected chi connectivity index (χ2v) is 12.0. The molecule has 7 heteroatoms. The van der Waals surface area contributed by atoms with Gasteiger partial charge in [-0.25, -0.2) is 0 Å². The molecule has 0 spiro atoms. The Labute approximate surface area is 283 Å². The number of rotatable bonds is 13. The van der Waals surface area contributed by atoms with E-state index in [0.717, 1.165) is 48.9 Å². The van der Waals surface area contributed by atoms with Gasteiger partial charge < -0.3 is 20.3 Å². The molecule has 244 valence electrons. The molecule has 5 aromatic rings. The van der Waals surface area contributed by atoms with E-state index in [1.165, 1.54) is 11.1 Å². The van der Waals surface area contributed by atoms with Gasteiger partial charge in [0.1, 0.15) is 12.4 Å². The Morgan fingerprint density at radius 3 is 1.58 bits per heavy atom. The third kappa shape index (κ3) is 9.11. The van der Waals surface area contributed by atoms with Crippen molar-refractivity contribution in [1.82, 2.24) is 4.90 Å². The Kier molecular flexibility index (Phi) is 11.1. The highest BCUT2D eigenvalue weighted by atomic mass is 16.5. The van der Waals surface area contributed by atoms with Crippen LogP contribution in [0.2, 0.25) is 0 Å². The van der Waals surface area contributed by atoms with Gasteiger partial charge in [0.15, 0.2) is 0 Å². The zero-order valence-corrected chi connectivity index (χ0v) is 27.1. The van der Waals surface area contributed by atoms with Crippen molar-refractivity contribution in [3.8, 4) is 5.75 Å². The monoisotopic (exact) mass is 638 g/mol. The smallest absolute Gasteiger partial charge is 0.224 e. The van der Waals surface area contributed by atoms with E-state index < -0.39 is 0 Å². The molecule has 1 saturated heterocycles. The van der Waals surface area contributed by atoms with Crippen molar-refractivity contribution in [2.75, 3.05) is 41.7 Å². The highest BCUT2D eigenvalue weighted by Crippen LogP contribution is 2.30. The number of benzene rings is 5. The first kappa shape index (κ1) is 32.5. The average molecular weight is 639 g/mol. The molecule has 48 heavy (non-hydrogen) atoms. The van der Waals surface area contributed by atoms with Gasteiger partial charge in [0.05, 0.1) is 6.04 Å². The van der Waals surface area contributed by atoms with E-state index in [4.69, 9.17) is 4.74 Å². The van der Waals surface area contributed by atoms with E-state index in [0.29, 0.717) is 18.7 Å². The zero-order valence-electron chi connectivity index (χ0n) is 27.1. The van der Waals surface area contributed by atoms with Crippen molar-refractivity contribution in [3.63, 3.8) is 0 Å². The van der Waals surface area contributed by atoms with Gasteiger partial charge in [0.2, 0.25) is 11.8 Å². The van der Waals surface area contributed by atoms with Crippen molar-refractivity contribution in [1.29, 1.82) is 0 Å². The lowest BCUT2D eigenvalue weighted by molar-refractivity contribution is -0.117. The van der Waals surface area contributed by atoms with Gasteiger partial charge in [0.25, 0.3) is 0 Å². The normalized spacial score (nSPS) is 13.2. The number of nitrogens with zero attached hydrogens (tertiary/aromatic N) is 2. The Morgan fingerprint density at radius 2 is 1.06 bits per heavy atom. The minimum atomic E-state index is -0.121. The largest absolute Gasteiger partial charge is 0.489 e. The highest BCUT2D eigenvalue weighted by molar-refractivity contribution is 5.93. The minimum Gasteiger partial charge on any atom is -0.489 e. The van der Waals surface area contributed by atoms with Crippen molar-refractivity contribution < 1.29 is 14.3 Å². The van der Waals surface area contributed by atoms with Crippen LogP contribution in [0.3, 0.4) is 0 Å². The summed E-state index contributed by atoms with van der Waals surface area (Å²) in [7, 11) is 0. The summed E-state index contributed by atoms with van der Waals surface area (Å²) >= 11 is 0. The molecule has 7 nitrogen and oxygen atoms in total. The maximum atomic E-state index is 12.6. The summed E-state index contributed by atoms with van der Waals surface area (Å²) in [4.78, 5) is 30.0. The molecule has 2 N–H and O–H groups in total. The molecule has 1 heterocycles. The van der Waals surface area contributed by atoms with Crippen LogP contribution in [-0.4, -0.2) is 42.9 Å². The molecule has 1 aliphatic rings. The lowest BCUT2D eigenvalue weighted by Crippen LogP contribution is -2.48. The molecule has 0 atom stereocenters. The van der Waals surface area contributed by atoms with Crippen LogP contribution in [-0.2, 0) is 16.2 Å². The number of piperazine rings is 1. The van der Waals surface area contributed by atoms with Crippen LogP contribution in [0, 0.1) is 0 Å². The number of carbonyl (C=O) groups is 2. The van der Waals surface area contributed by atoms with E-state index in [2.05, 4.69) is 93.2 Å². The predicted octanol–water partition coefficient (Wildman–Crippen LogP) is 7.92. The standard InChI is InChI=1S/C41H42N4O3/c46-39(17-10-18-40(47)43-36-21-25-38(26-22-36)48-31-32-11-4-1-5-12-32)42-35-19-23-37(24-20-35)44-27-29-45(30-28-44)41(33-13-6-2-7-14-33)34-15-8-3-9-16-34/h1-9,11-16,19-26,41H,10,17-18,27-31H2,(H,42,46)(H,43,47). The Balaban J connectivity index is 0.912. The Morgan fingerprint density at radius 1 is 0.583 bits per heavy atom. The molecule has 0 saturated carbocycles. The minimum absolute atomic E-state index is 0.100. The maximum Gasteiger partial charge on any atom is 0.224 e. The summed E-state index contributed by atoms with van der Waals surface area (Å²) in [6.07, 6.45) is 0.999. The first-order valence-electron chi connectivity index (χ1n) is 16.7. The number of carbonyl (C=O) groups excluding carboxylic acids is 2. The van der Waals surface area contributed by atoms with Crippen molar-refractivity contribution >= 4 is 28.9 Å². The van der Waals surface area contributed by atoms with Crippen LogP contribution < -0.4 is 20.3 Å². The van der Waals surface area contributed by atoms with Gasteiger partial charge in [-0.2, -0.15) is 0 Å². The molecule has 0 aliphatic carbocycles. The Hall–Kier alpha value is -5.40. The van der Waals surface area contributed by atoms with E-state index in [1.807, 2.05) is 66.7 Å². The summed E-state index contributed by atoms with van der Waals surface area (Å²) in [6.45, 7) is 4.25. The van der Waals surface area contributed by atoms with Crippen LogP contribution in [0.15, 0.2) is 140 Å². The van der Waals surface area contributed by atoms with Crippen molar-refractivity contribution in [2.45, 2.75) is 31.9 Å². The first-order chi connectivity index (χ1) is 23.6. The fourth-order valence-electron chi connectivity index (χ4n) is 6.11. The summed E-state index contributed by atoms with van der Waals surface area (Å²) < 4.78 is 5.81. The molecule has 0 bridgehead atoms. The maximum absolute atomic E-state index is 12.6. The van der Waals surface area contributed by atoms with Gasteiger partial charge in [-0.15, -0.1) is 0 Å².